The Balaban J connectivity index is 3.51. The molecule has 0 spiro atoms. The standard InChI is InChI=1S/C9H18N4O3/c1-2-11-7(14)3-4-12-9(16)6-13-8(15)5-10/h2-6,10H2,1H3,(H,11,14)(H,12,16)(H,13,15). The molecule has 0 fully saturated rings. The predicted molar refractivity (Wildman–Crippen MR) is 58.4 cm³/mol. The SMILES string of the molecule is CCNC(=O)CCNC(=O)CNC(=O)CN. The lowest BCUT2D eigenvalue weighted by Gasteiger charge is -2.06. The molecule has 0 unspecified atom stereocenters. The second kappa shape index (κ2) is 8.66. The first kappa shape index (κ1) is 14.4. The van der Waals surface area contributed by atoms with E-state index in [1.807, 2.05) is 6.92 Å². The minimum Gasteiger partial charge on any atom is -0.356 e. The van der Waals surface area contributed by atoms with Crippen LogP contribution in [0, 0.1) is 0 Å². The summed E-state index contributed by atoms with van der Waals surface area (Å²) in [7, 11) is 0. The van der Waals surface area contributed by atoms with Gasteiger partial charge < -0.3 is 21.7 Å². The van der Waals surface area contributed by atoms with Gasteiger partial charge >= 0.3 is 0 Å². The van der Waals surface area contributed by atoms with E-state index < -0.39 is 0 Å². The van der Waals surface area contributed by atoms with Gasteiger partial charge in [-0.1, -0.05) is 0 Å². The molecule has 0 saturated carbocycles. The first-order chi connectivity index (χ1) is 7.60. The summed E-state index contributed by atoms with van der Waals surface area (Å²) in [5, 5.41) is 7.42. The van der Waals surface area contributed by atoms with Crippen molar-refractivity contribution in [2.75, 3.05) is 26.2 Å². The first-order valence-corrected chi connectivity index (χ1v) is 5.10. The molecule has 92 valence electrons. The molecule has 0 aromatic rings. The number of carbonyl (C=O) groups excluding carboxylic acids is 3. The van der Waals surface area contributed by atoms with Crippen molar-refractivity contribution in [2.45, 2.75) is 13.3 Å². The second-order valence-corrected chi connectivity index (χ2v) is 3.03. The average molecular weight is 230 g/mol. The Morgan fingerprint density at radius 1 is 1.00 bits per heavy atom. The van der Waals surface area contributed by atoms with Crippen LogP contribution in [0.5, 0.6) is 0 Å². The zero-order valence-electron chi connectivity index (χ0n) is 9.34. The third-order valence-corrected chi connectivity index (χ3v) is 1.68. The summed E-state index contributed by atoms with van der Waals surface area (Å²) in [5.74, 6) is -0.848. The van der Waals surface area contributed by atoms with E-state index in [1.54, 1.807) is 0 Å². The zero-order valence-corrected chi connectivity index (χ0v) is 9.34. The molecule has 0 aliphatic rings. The van der Waals surface area contributed by atoms with E-state index in [0.29, 0.717) is 6.54 Å². The van der Waals surface area contributed by atoms with Crippen molar-refractivity contribution >= 4 is 17.7 Å². The molecule has 0 atom stereocenters. The molecule has 7 heteroatoms. The smallest absolute Gasteiger partial charge is 0.239 e. The molecule has 7 nitrogen and oxygen atoms in total. The molecule has 0 aromatic heterocycles. The van der Waals surface area contributed by atoms with Crippen LogP contribution in [0.15, 0.2) is 0 Å². The van der Waals surface area contributed by atoms with Gasteiger partial charge in [0.2, 0.25) is 17.7 Å². The van der Waals surface area contributed by atoms with E-state index in [0.717, 1.165) is 0 Å². The minimum absolute atomic E-state index is 0.117. The van der Waals surface area contributed by atoms with Gasteiger partial charge in [0.1, 0.15) is 0 Å². The highest BCUT2D eigenvalue weighted by atomic mass is 16.2. The van der Waals surface area contributed by atoms with Crippen molar-refractivity contribution in [3.8, 4) is 0 Å². The lowest BCUT2D eigenvalue weighted by atomic mass is 10.4. The van der Waals surface area contributed by atoms with Gasteiger partial charge in [0, 0.05) is 19.5 Å². The summed E-state index contributed by atoms with van der Waals surface area (Å²) in [6.45, 7) is 2.37. The van der Waals surface area contributed by atoms with Gasteiger partial charge in [0.25, 0.3) is 0 Å². The molecule has 0 saturated heterocycles. The van der Waals surface area contributed by atoms with Gasteiger partial charge in [-0.05, 0) is 6.92 Å². The molecule has 3 amide bonds. The Labute approximate surface area is 94.1 Å². The Morgan fingerprint density at radius 2 is 1.69 bits per heavy atom. The molecule has 0 aromatic carbocycles. The average Bonchev–Trinajstić information content (AvgIpc) is 2.26. The van der Waals surface area contributed by atoms with Crippen LogP contribution in [-0.4, -0.2) is 43.9 Å². The Kier molecular flexibility index (Phi) is 7.78. The molecule has 0 heterocycles. The molecule has 0 radical (unpaired) electrons. The monoisotopic (exact) mass is 230 g/mol. The van der Waals surface area contributed by atoms with Crippen LogP contribution in [0.2, 0.25) is 0 Å². The number of hydrogen-bond acceptors (Lipinski definition) is 4. The molecule has 5 N–H and O–H groups in total. The number of carbonyl (C=O) groups is 3. The molecular weight excluding hydrogens is 212 g/mol. The highest BCUT2D eigenvalue weighted by Crippen LogP contribution is 1.77. The quantitative estimate of drug-likeness (QED) is 0.394. The highest BCUT2D eigenvalue weighted by molar-refractivity contribution is 5.85. The van der Waals surface area contributed by atoms with E-state index in [-0.39, 0.29) is 43.8 Å². The van der Waals surface area contributed by atoms with Gasteiger partial charge in [0.05, 0.1) is 13.1 Å². The third-order valence-electron chi connectivity index (χ3n) is 1.68. The van der Waals surface area contributed by atoms with E-state index >= 15 is 0 Å². The summed E-state index contributed by atoms with van der Waals surface area (Å²) < 4.78 is 0. The van der Waals surface area contributed by atoms with Crippen LogP contribution in [0.3, 0.4) is 0 Å². The van der Waals surface area contributed by atoms with Crippen LogP contribution >= 0.6 is 0 Å². The van der Waals surface area contributed by atoms with Gasteiger partial charge in [0.15, 0.2) is 0 Å². The number of amides is 3. The van der Waals surface area contributed by atoms with E-state index in [1.165, 1.54) is 0 Å². The summed E-state index contributed by atoms with van der Waals surface area (Å²) in [6.07, 6.45) is 0.227. The number of nitrogens with two attached hydrogens (primary N) is 1. The maximum absolute atomic E-state index is 11.1. The van der Waals surface area contributed by atoms with Crippen molar-refractivity contribution in [1.29, 1.82) is 0 Å². The summed E-state index contributed by atoms with van der Waals surface area (Å²) in [4.78, 5) is 32.8. The maximum atomic E-state index is 11.1. The fourth-order valence-electron chi connectivity index (χ4n) is 0.915. The van der Waals surface area contributed by atoms with Crippen LogP contribution in [-0.2, 0) is 14.4 Å². The number of hydrogen-bond donors (Lipinski definition) is 4. The van der Waals surface area contributed by atoms with Gasteiger partial charge in [-0.25, -0.2) is 0 Å². The molecule has 0 aliphatic heterocycles. The van der Waals surface area contributed by atoms with E-state index in [2.05, 4.69) is 16.0 Å². The summed E-state index contributed by atoms with van der Waals surface area (Å²) >= 11 is 0. The summed E-state index contributed by atoms with van der Waals surface area (Å²) in [5.41, 5.74) is 5.03. The number of nitrogens with one attached hydrogen (secondary N) is 3. The third kappa shape index (κ3) is 7.74. The summed E-state index contributed by atoms with van der Waals surface area (Å²) in [6, 6.07) is 0. The fourth-order valence-corrected chi connectivity index (χ4v) is 0.915. The highest BCUT2D eigenvalue weighted by Gasteiger charge is 2.04. The van der Waals surface area contributed by atoms with Crippen molar-refractivity contribution in [2.24, 2.45) is 5.73 Å². The predicted octanol–water partition coefficient (Wildman–Crippen LogP) is -2.30. The topological polar surface area (TPSA) is 113 Å². The van der Waals surface area contributed by atoms with Crippen molar-refractivity contribution < 1.29 is 14.4 Å². The zero-order chi connectivity index (χ0) is 12.4. The van der Waals surface area contributed by atoms with Gasteiger partial charge in [-0.2, -0.15) is 0 Å². The normalized spacial score (nSPS) is 9.38. The van der Waals surface area contributed by atoms with E-state index in [9.17, 15) is 14.4 Å². The fraction of sp³-hybridized carbons (Fsp3) is 0.667. The molecular formula is C9H18N4O3. The lowest BCUT2D eigenvalue weighted by molar-refractivity contribution is -0.125. The molecule has 0 bridgehead atoms. The Morgan fingerprint density at radius 3 is 2.25 bits per heavy atom. The van der Waals surface area contributed by atoms with Crippen molar-refractivity contribution in [1.82, 2.24) is 16.0 Å². The van der Waals surface area contributed by atoms with Crippen LogP contribution in [0.4, 0.5) is 0 Å². The van der Waals surface area contributed by atoms with Crippen molar-refractivity contribution in [3.05, 3.63) is 0 Å². The first-order valence-electron chi connectivity index (χ1n) is 5.10. The van der Waals surface area contributed by atoms with Crippen LogP contribution in [0.1, 0.15) is 13.3 Å². The second-order valence-electron chi connectivity index (χ2n) is 3.03. The molecule has 0 aliphatic carbocycles. The van der Waals surface area contributed by atoms with Crippen molar-refractivity contribution in [3.63, 3.8) is 0 Å². The van der Waals surface area contributed by atoms with Gasteiger partial charge in [-0.15, -0.1) is 0 Å². The van der Waals surface area contributed by atoms with Crippen LogP contribution < -0.4 is 21.7 Å². The molecule has 16 heavy (non-hydrogen) atoms. The molecule has 0 rings (SSSR count). The van der Waals surface area contributed by atoms with Gasteiger partial charge in [-0.3, -0.25) is 14.4 Å². The Bertz CT molecular complexity index is 255. The number of rotatable bonds is 7. The maximum Gasteiger partial charge on any atom is 0.239 e. The van der Waals surface area contributed by atoms with Crippen LogP contribution in [0.25, 0.3) is 0 Å². The Hall–Kier alpha value is -1.63. The lowest BCUT2D eigenvalue weighted by Crippen LogP contribution is -2.40. The largest absolute Gasteiger partial charge is 0.356 e. The minimum atomic E-state index is -0.390. The van der Waals surface area contributed by atoms with E-state index in [4.69, 9.17) is 5.73 Å².